The second kappa shape index (κ2) is 7.55. The van der Waals surface area contributed by atoms with Crippen LogP contribution in [0.5, 0.6) is 0 Å². The van der Waals surface area contributed by atoms with Crippen LogP contribution in [-0.4, -0.2) is 29.4 Å². The van der Waals surface area contributed by atoms with Crippen LogP contribution in [0.3, 0.4) is 0 Å². The summed E-state index contributed by atoms with van der Waals surface area (Å²) in [5.74, 6) is -0.268. The minimum absolute atomic E-state index is 0.0300. The van der Waals surface area contributed by atoms with Gasteiger partial charge in [-0.3, -0.25) is 4.79 Å². The fourth-order valence-corrected chi connectivity index (χ4v) is 3.07. The second-order valence-electron chi connectivity index (χ2n) is 5.92. The first-order valence-corrected chi connectivity index (χ1v) is 7.90. The summed E-state index contributed by atoms with van der Waals surface area (Å²) in [6.45, 7) is 2.81. The highest BCUT2D eigenvalue weighted by Gasteiger charge is 2.27. The highest BCUT2D eigenvalue weighted by molar-refractivity contribution is 5.79. The van der Waals surface area contributed by atoms with Crippen LogP contribution in [0.25, 0.3) is 0 Å². The molecule has 0 atom stereocenters. The first-order valence-electron chi connectivity index (χ1n) is 7.90. The van der Waals surface area contributed by atoms with Crippen molar-refractivity contribution in [3.63, 3.8) is 0 Å². The van der Waals surface area contributed by atoms with Crippen molar-refractivity contribution in [1.29, 1.82) is 0 Å². The molecule has 0 heterocycles. The van der Waals surface area contributed by atoms with Crippen LogP contribution in [-0.2, 0) is 11.2 Å². The topological polar surface area (TPSA) is 46.3 Å². The van der Waals surface area contributed by atoms with E-state index in [0.29, 0.717) is 5.56 Å². The van der Waals surface area contributed by atoms with E-state index < -0.39 is 0 Å². The predicted octanol–water partition coefficient (Wildman–Crippen LogP) is 2.88. The van der Waals surface area contributed by atoms with Gasteiger partial charge in [-0.25, -0.2) is 4.39 Å². The van der Waals surface area contributed by atoms with E-state index in [0.717, 1.165) is 38.6 Å². The van der Waals surface area contributed by atoms with Crippen molar-refractivity contribution in [3.8, 4) is 0 Å². The Kier molecular flexibility index (Phi) is 5.74. The van der Waals surface area contributed by atoms with E-state index in [2.05, 4.69) is 6.92 Å². The number of amides is 1. The lowest BCUT2D eigenvalue weighted by molar-refractivity contribution is -0.133. The molecule has 2 rings (SSSR count). The summed E-state index contributed by atoms with van der Waals surface area (Å²) in [5, 5.41) is 0. The molecule has 0 saturated heterocycles. The van der Waals surface area contributed by atoms with Crippen LogP contribution < -0.4 is 5.73 Å². The summed E-state index contributed by atoms with van der Waals surface area (Å²) >= 11 is 0. The molecule has 2 N–H and O–H groups in total. The first kappa shape index (κ1) is 16.0. The lowest BCUT2D eigenvalue weighted by Gasteiger charge is -2.36. The Morgan fingerprint density at radius 1 is 1.29 bits per heavy atom. The van der Waals surface area contributed by atoms with Crippen LogP contribution in [0.15, 0.2) is 24.3 Å². The van der Waals surface area contributed by atoms with Crippen molar-refractivity contribution in [3.05, 3.63) is 35.6 Å². The van der Waals surface area contributed by atoms with Gasteiger partial charge in [0.05, 0.1) is 6.42 Å². The van der Waals surface area contributed by atoms with Crippen molar-refractivity contribution in [2.24, 2.45) is 5.73 Å². The van der Waals surface area contributed by atoms with Crippen molar-refractivity contribution < 1.29 is 9.18 Å². The van der Waals surface area contributed by atoms with Gasteiger partial charge in [0.15, 0.2) is 0 Å². The zero-order valence-electron chi connectivity index (χ0n) is 12.7. The third-order valence-corrected chi connectivity index (χ3v) is 4.27. The summed E-state index contributed by atoms with van der Waals surface area (Å²) in [5.41, 5.74) is 6.42. The van der Waals surface area contributed by atoms with E-state index in [1.165, 1.54) is 6.07 Å². The SMILES string of the molecule is CCCN(C(=O)Cc1ccccc1F)C1CCC(N)CC1. The predicted molar refractivity (Wildman–Crippen MR) is 82.3 cm³/mol. The molecule has 1 aromatic carbocycles. The molecule has 1 aromatic rings. The number of carbonyl (C=O) groups excluding carboxylic acids is 1. The van der Waals surface area contributed by atoms with Gasteiger partial charge in [0.2, 0.25) is 5.91 Å². The zero-order chi connectivity index (χ0) is 15.2. The van der Waals surface area contributed by atoms with E-state index in [1.807, 2.05) is 4.90 Å². The molecule has 0 aliphatic heterocycles. The maximum Gasteiger partial charge on any atom is 0.227 e. The van der Waals surface area contributed by atoms with Crippen LogP contribution in [0.1, 0.15) is 44.6 Å². The van der Waals surface area contributed by atoms with Gasteiger partial charge in [-0.05, 0) is 43.7 Å². The van der Waals surface area contributed by atoms with Crippen molar-refractivity contribution in [2.75, 3.05) is 6.54 Å². The van der Waals surface area contributed by atoms with E-state index >= 15 is 0 Å². The number of rotatable bonds is 5. The van der Waals surface area contributed by atoms with Crippen LogP contribution in [0.4, 0.5) is 4.39 Å². The Balaban J connectivity index is 2.03. The average Bonchev–Trinajstić information content (AvgIpc) is 2.48. The van der Waals surface area contributed by atoms with E-state index in [-0.39, 0.29) is 30.2 Å². The summed E-state index contributed by atoms with van der Waals surface area (Å²) in [4.78, 5) is 14.5. The van der Waals surface area contributed by atoms with Gasteiger partial charge in [-0.1, -0.05) is 25.1 Å². The lowest BCUT2D eigenvalue weighted by Crippen LogP contribution is -2.45. The van der Waals surface area contributed by atoms with Gasteiger partial charge in [-0.2, -0.15) is 0 Å². The smallest absolute Gasteiger partial charge is 0.227 e. The quantitative estimate of drug-likeness (QED) is 0.907. The van der Waals surface area contributed by atoms with Gasteiger partial charge in [0.25, 0.3) is 0 Å². The van der Waals surface area contributed by atoms with Gasteiger partial charge < -0.3 is 10.6 Å². The molecule has 1 aliphatic carbocycles. The van der Waals surface area contributed by atoms with Crippen LogP contribution in [0.2, 0.25) is 0 Å². The number of nitrogens with two attached hydrogens (primary N) is 1. The molecule has 3 nitrogen and oxygen atoms in total. The Morgan fingerprint density at radius 3 is 2.57 bits per heavy atom. The van der Waals surface area contributed by atoms with Crippen molar-refractivity contribution in [2.45, 2.75) is 57.5 Å². The van der Waals surface area contributed by atoms with Crippen LogP contribution in [0, 0.1) is 5.82 Å². The fourth-order valence-electron chi connectivity index (χ4n) is 3.07. The molecule has 1 fully saturated rings. The Hall–Kier alpha value is -1.42. The molecule has 1 saturated carbocycles. The van der Waals surface area contributed by atoms with Crippen molar-refractivity contribution >= 4 is 5.91 Å². The molecule has 0 bridgehead atoms. The minimum atomic E-state index is -0.298. The summed E-state index contributed by atoms with van der Waals surface area (Å²) < 4.78 is 13.7. The third-order valence-electron chi connectivity index (χ3n) is 4.27. The molecular formula is C17H25FN2O. The van der Waals surface area contributed by atoms with Gasteiger partial charge in [-0.15, -0.1) is 0 Å². The largest absolute Gasteiger partial charge is 0.339 e. The van der Waals surface area contributed by atoms with Gasteiger partial charge >= 0.3 is 0 Å². The van der Waals surface area contributed by atoms with E-state index in [4.69, 9.17) is 5.73 Å². The molecule has 0 spiro atoms. The summed E-state index contributed by atoms with van der Waals surface area (Å²) in [6.07, 6.45) is 4.94. The maximum atomic E-state index is 13.7. The van der Waals surface area contributed by atoms with Crippen molar-refractivity contribution in [1.82, 2.24) is 4.90 Å². The Bertz CT molecular complexity index is 470. The highest BCUT2D eigenvalue weighted by Crippen LogP contribution is 2.23. The molecule has 1 amide bonds. The molecule has 0 unspecified atom stereocenters. The van der Waals surface area contributed by atoms with Crippen LogP contribution >= 0.6 is 0 Å². The third kappa shape index (κ3) is 4.27. The lowest BCUT2D eigenvalue weighted by atomic mass is 9.90. The number of hydrogen-bond acceptors (Lipinski definition) is 2. The summed E-state index contributed by atoms with van der Waals surface area (Å²) in [7, 11) is 0. The molecule has 4 heteroatoms. The van der Waals surface area contributed by atoms with E-state index in [1.54, 1.807) is 18.2 Å². The minimum Gasteiger partial charge on any atom is -0.339 e. The Labute approximate surface area is 126 Å². The average molecular weight is 292 g/mol. The standard InChI is InChI=1S/C17H25FN2O/c1-2-11-20(15-9-7-14(19)8-10-15)17(21)12-13-5-3-4-6-16(13)18/h3-6,14-15H,2,7-12,19H2,1H3. The molecule has 1 aliphatic rings. The highest BCUT2D eigenvalue weighted by atomic mass is 19.1. The first-order chi connectivity index (χ1) is 10.1. The normalized spacial score (nSPS) is 22.0. The summed E-state index contributed by atoms with van der Waals surface area (Å²) in [6, 6.07) is 7.06. The number of carbonyl (C=O) groups is 1. The second-order valence-corrected chi connectivity index (χ2v) is 5.92. The molecule has 116 valence electrons. The van der Waals surface area contributed by atoms with Gasteiger partial charge in [0.1, 0.15) is 5.82 Å². The van der Waals surface area contributed by atoms with Gasteiger partial charge in [0, 0.05) is 18.6 Å². The zero-order valence-corrected chi connectivity index (χ0v) is 12.7. The molecular weight excluding hydrogens is 267 g/mol. The molecule has 0 aromatic heterocycles. The molecule has 21 heavy (non-hydrogen) atoms. The van der Waals surface area contributed by atoms with E-state index in [9.17, 15) is 9.18 Å². The number of benzene rings is 1. The number of halogens is 1. The molecule has 0 radical (unpaired) electrons. The Morgan fingerprint density at radius 2 is 1.95 bits per heavy atom. The fraction of sp³-hybridized carbons (Fsp3) is 0.588. The monoisotopic (exact) mass is 292 g/mol. The number of nitrogens with zero attached hydrogens (tertiary/aromatic N) is 1. The maximum absolute atomic E-state index is 13.7. The number of hydrogen-bond donors (Lipinski definition) is 1.